The number of aryl methyl sites for hydroxylation is 1. The van der Waals surface area contributed by atoms with Crippen molar-refractivity contribution in [2.45, 2.75) is 13.5 Å². The first kappa shape index (κ1) is 11.4. The lowest BCUT2D eigenvalue weighted by molar-refractivity contribution is -0.0506. The van der Waals surface area contributed by atoms with E-state index in [1.54, 1.807) is 19.1 Å². The fraction of sp³-hybridized carbons (Fsp3) is 0.300. The molecule has 0 aliphatic rings. The second-order valence-corrected chi connectivity index (χ2v) is 2.91. The normalized spacial score (nSPS) is 10.2. The molecular weight excluding hydrogens is 204 g/mol. The van der Waals surface area contributed by atoms with Crippen molar-refractivity contribution in [1.82, 2.24) is 5.32 Å². The molecule has 0 saturated carbocycles. The lowest BCUT2D eigenvalue weighted by Gasteiger charge is -2.11. The summed E-state index contributed by atoms with van der Waals surface area (Å²) < 4.78 is 28.5. The van der Waals surface area contributed by atoms with Gasteiger partial charge < -0.3 is 10.1 Å². The van der Waals surface area contributed by atoms with Gasteiger partial charge in [0, 0.05) is 7.05 Å². The third-order valence-electron chi connectivity index (χ3n) is 1.89. The fourth-order valence-corrected chi connectivity index (χ4v) is 1.21. The third kappa shape index (κ3) is 2.65. The number of amides is 1. The van der Waals surface area contributed by atoms with Crippen LogP contribution in [0.1, 0.15) is 15.9 Å². The van der Waals surface area contributed by atoms with Crippen molar-refractivity contribution in [3.05, 3.63) is 29.3 Å². The number of halogens is 2. The summed E-state index contributed by atoms with van der Waals surface area (Å²) in [5.41, 5.74) is 0.606. The highest BCUT2D eigenvalue weighted by Crippen LogP contribution is 2.24. The van der Waals surface area contributed by atoms with Crippen LogP contribution in [-0.2, 0) is 0 Å². The minimum atomic E-state index is -2.94. The number of ether oxygens (including phenoxy) is 1. The molecular formula is C10H11F2NO2. The number of benzene rings is 1. The number of carbonyl (C=O) groups excluding carboxylic acids is 1. The zero-order valence-corrected chi connectivity index (χ0v) is 8.38. The molecule has 0 aromatic heterocycles. The van der Waals surface area contributed by atoms with Gasteiger partial charge in [0.25, 0.3) is 5.91 Å². The van der Waals surface area contributed by atoms with Gasteiger partial charge in [-0.25, -0.2) is 0 Å². The number of nitrogens with one attached hydrogen (secondary N) is 1. The number of para-hydroxylation sites is 1. The van der Waals surface area contributed by atoms with Crippen LogP contribution in [0.15, 0.2) is 18.2 Å². The van der Waals surface area contributed by atoms with Crippen LogP contribution in [0, 0.1) is 6.92 Å². The molecule has 1 aromatic rings. The van der Waals surface area contributed by atoms with Gasteiger partial charge in [0.1, 0.15) is 5.75 Å². The van der Waals surface area contributed by atoms with E-state index in [4.69, 9.17) is 0 Å². The average Bonchev–Trinajstić information content (AvgIpc) is 2.19. The van der Waals surface area contributed by atoms with Gasteiger partial charge >= 0.3 is 6.61 Å². The van der Waals surface area contributed by atoms with Gasteiger partial charge in [-0.1, -0.05) is 12.1 Å². The van der Waals surface area contributed by atoms with Gasteiger partial charge in [0.05, 0.1) is 5.56 Å². The molecule has 1 rings (SSSR count). The molecule has 3 nitrogen and oxygen atoms in total. The highest BCUT2D eigenvalue weighted by molar-refractivity contribution is 5.97. The van der Waals surface area contributed by atoms with E-state index in [0.29, 0.717) is 5.56 Å². The topological polar surface area (TPSA) is 38.3 Å². The maximum absolute atomic E-state index is 12.1. The van der Waals surface area contributed by atoms with E-state index in [-0.39, 0.29) is 11.3 Å². The molecule has 0 atom stereocenters. The molecule has 0 fully saturated rings. The lowest BCUT2D eigenvalue weighted by Crippen LogP contribution is -2.20. The number of rotatable bonds is 3. The Balaban J connectivity index is 3.14. The molecule has 0 spiro atoms. The highest BCUT2D eigenvalue weighted by Gasteiger charge is 2.16. The van der Waals surface area contributed by atoms with Gasteiger partial charge in [-0.2, -0.15) is 8.78 Å². The van der Waals surface area contributed by atoms with E-state index in [1.165, 1.54) is 13.1 Å². The van der Waals surface area contributed by atoms with E-state index in [9.17, 15) is 13.6 Å². The van der Waals surface area contributed by atoms with Gasteiger partial charge in [0.15, 0.2) is 0 Å². The van der Waals surface area contributed by atoms with Crippen molar-refractivity contribution in [2.24, 2.45) is 0 Å². The first-order chi connectivity index (χ1) is 7.06. The van der Waals surface area contributed by atoms with Crippen LogP contribution in [0.2, 0.25) is 0 Å². The summed E-state index contributed by atoms with van der Waals surface area (Å²) in [6, 6.07) is 4.64. The van der Waals surface area contributed by atoms with Crippen LogP contribution in [-0.4, -0.2) is 19.6 Å². The number of hydrogen-bond acceptors (Lipinski definition) is 2. The van der Waals surface area contributed by atoms with Gasteiger partial charge in [-0.3, -0.25) is 4.79 Å². The Labute approximate surface area is 86.0 Å². The first-order valence-electron chi connectivity index (χ1n) is 4.32. The predicted octanol–water partition coefficient (Wildman–Crippen LogP) is 1.96. The molecule has 1 N–H and O–H groups in total. The summed E-state index contributed by atoms with van der Waals surface area (Å²) >= 11 is 0. The monoisotopic (exact) mass is 215 g/mol. The van der Waals surface area contributed by atoms with Crippen LogP contribution >= 0.6 is 0 Å². The maximum atomic E-state index is 12.1. The van der Waals surface area contributed by atoms with E-state index >= 15 is 0 Å². The van der Waals surface area contributed by atoms with Crippen molar-refractivity contribution < 1.29 is 18.3 Å². The summed E-state index contributed by atoms with van der Waals surface area (Å²) in [5.74, 6) is -0.527. The molecule has 0 aliphatic carbocycles. The fourth-order valence-electron chi connectivity index (χ4n) is 1.21. The first-order valence-corrected chi connectivity index (χ1v) is 4.32. The van der Waals surface area contributed by atoms with Gasteiger partial charge in [0.2, 0.25) is 0 Å². The molecule has 5 heteroatoms. The van der Waals surface area contributed by atoms with Crippen LogP contribution in [0.3, 0.4) is 0 Å². The van der Waals surface area contributed by atoms with Crippen LogP contribution in [0.25, 0.3) is 0 Å². The number of carbonyl (C=O) groups is 1. The zero-order chi connectivity index (χ0) is 11.4. The Morgan fingerprint density at radius 3 is 2.67 bits per heavy atom. The molecule has 82 valence electrons. The molecule has 0 heterocycles. The lowest BCUT2D eigenvalue weighted by atomic mass is 10.1. The molecule has 15 heavy (non-hydrogen) atoms. The molecule has 0 unspecified atom stereocenters. The second kappa shape index (κ2) is 4.72. The van der Waals surface area contributed by atoms with E-state index in [0.717, 1.165) is 0 Å². The van der Waals surface area contributed by atoms with E-state index in [2.05, 4.69) is 10.1 Å². The van der Waals surface area contributed by atoms with E-state index in [1.807, 2.05) is 0 Å². The van der Waals surface area contributed by atoms with Gasteiger partial charge in [-0.15, -0.1) is 0 Å². The van der Waals surface area contributed by atoms with Crippen LogP contribution in [0.5, 0.6) is 5.75 Å². The molecule has 1 aromatic carbocycles. The largest absolute Gasteiger partial charge is 0.434 e. The molecule has 0 aliphatic heterocycles. The Bertz CT molecular complexity index is 366. The van der Waals surface area contributed by atoms with Crippen LogP contribution in [0.4, 0.5) is 8.78 Å². The van der Waals surface area contributed by atoms with Crippen molar-refractivity contribution in [3.63, 3.8) is 0 Å². The Hall–Kier alpha value is -1.65. The summed E-state index contributed by atoms with van der Waals surface area (Å²) in [6.45, 7) is -1.33. The molecule has 0 bridgehead atoms. The van der Waals surface area contributed by atoms with Crippen molar-refractivity contribution in [1.29, 1.82) is 0 Å². The average molecular weight is 215 g/mol. The number of hydrogen-bond donors (Lipinski definition) is 1. The van der Waals surface area contributed by atoms with Crippen molar-refractivity contribution >= 4 is 5.91 Å². The minimum absolute atomic E-state index is 0.0770. The quantitative estimate of drug-likeness (QED) is 0.836. The smallest absolute Gasteiger partial charge is 0.387 e. The minimum Gasteiger partial charge on any atom is -0.434 e. The Kier molecular flexibility index (Phi) is 3.60. The SMILES string of the molecule is CNC(=O)c1cccc(C)c1OC(F)F. The van der Waals surface area contributed by atoms with Crippen molar-refractivity contribution in [2.75, 3.05) is 7.05 Å². The summed E-state index contributed by atoms with van der Waals surface area (Å²) in [4.78, 5) is 11.3. The summed E-state index contributed by atoms with van der Waals surface area (Å²) in [6.07, 6.45) is 0. The Morgan fingerprint density at radius 1 is 1.47 bits per heavy atom. The maximum Gasteiger partial charge on any atom is 0.387 e. The molecule has 1 amide bonds. The molecule has 0 saturated heterocycles. The number of alkyl halides is 2. The second-order valence-electron chi connectivity index (χ2n) is 2.91. The Morgan fingerprint density at radius 2 is 2.13 bits per heavy atom. The van der Waals surface area contributed by atoms with Crippen molar-refractivity contribution in [3.8, 4) is 5.75 Å². The predicted molar refractivity (Wildman–Crippen MR) is 51.2 cm³/mol. The molecule has 0 radical (unpaired) electrons. The summed E-state index contributed by atoms with van der Waals surface area (Å²) in [7, 11) is 1.43. The zero-order valence-electron chi connectivity index (χ0n) is 8.38. The van der Waals surface area contributed by atoms with E-state index < -0.39 is 12.5 Å². The van der Waals surface area contributed by atoms with Gasteiger partial charge in [-0.05, 0) is 18.6 Å². The van der Waals surface area contributed by atoms with Crippen LogP contribution < -0.4 is 10.1 Å². The standard InChI is InChI=1S/C10H11F2NO2/c1-6-4-3-5-7(9(14)13-2)8(6)15-10(11)12/h3-5,10H,1-2H3,(H,13,14). The highest BCUT2D eigenvalue weighted by atomic mass is 19.3. The summed E-state index contributed by atoms with van der Waals surface area (Å²) in [5, 5.41) is 2.36. The third-order valence-corrected chi connectivity index (χ3v) is 1.89.